The molecule has 0 radical (unpaired) electrons. The molecule has 0 bridgehead atoms. The number of nitrogens with zero attached hydrogens (tertiary/aromatic N) is 3. The molecular formula is C19H22FN3O. The number of likely N-dealkylation sites (tertiary alicyclic amines) is 1. The van der Waals surface area contributed by atoms with Gasteiger partial charge in [-0.25, -0.2) is 4.39 Å². The Kier molecular flexibility index (Phi) is 4.56. The first kappa shape index (κ1) is 15.7. The summed E-state index contributed by atoms with van der Waals surface area (Å²) in [4.78, 5) is 8.88. The van der Waals surface area contributed by atoms with Crippen LogP contribution in [0.15, 0.2) is 48.8 Å². The molecule has 2 aliphatic heterocycles. The van der Waals surface area contributed by atoms with Crippen molar-refractivity contribution >= 4 is 0 Å². The minimum atomic E-state index is -0.123. The van der Waals surface area contributed by atoms with Crippen molar-refractivity contribution in [3.63, 3.8) is 0 Å². The molecule has 2 aliphatic rings. The first-order chi connectivity index (χ1) is 11.8. The third kappa shape index (κ3) is 3.34. The van der Waals surface area contributed by atoms with E-state index >= 15 is 0 Å². The minimum Gasteiger partial charge on any atom is -0.374 e. The Morgan fingerprint density at radius 3 is 2.75 bits per heavy atom. The van der Waals surface area contributed by atoms with Gasteiger partial charge in [0.1, 0.15) is 5.82 Å². The maximum Gasteiger partial charge on any atom is 0.127 e. The summed E-state index contributed by atoms with van der Waals surface area (Å²) in [5, 5.41) is 0. The lowest BCUT2D eigenvalue weighted by Gasteiger charge is -2.36. The van der Waals surface area contributed by atoms with Crippen LogP contribution in [0.2, 0.25) is 0 Å². The fourth-order valence-corrected chi connectivity index (χ4v) is 3.75. The number of morpholine rings is 1. The van der Waals surface area contributed by atoms with Crippen LogP contribution in [0.25, 0.3) is 0 Å². The maximum absolute atomic E-state index is 13.9. The molecule has 0 saturated carbocycles. The fraction of sp³-hybridized carbons (Fsp3) is 0.421. The second-order valence-corrected chi connectivity index (χ2v) is 6.59. The summed E-state index contributed by atoms with van der Waals surface area (Å²) >= 11 is 0. The highest BCUT2D eigenvalue weighted by atomic mass is 19.1. The summed E-state index contributed by atoms with van der Waals surface area (Å²) in [5.41, 5.74) is 2.04. The Morgan fingerprint density at radius 2 is 1.92 bits per heavy atom. The molecule has 126 valence electrons. The molecule has 4 nitrogen and oxygen atoms in total. The summed E-state index contributed by atoms with van der Waals surface area (Å²) in [6.07, 6.45) is 3.89. The number of benzene rings is 1. The molecule has 0 unspecified atom stereocenters. The smallest absolute Gasteiger partial charge is 0.127 e. The second-order valence-electron chi connectivity index (χ2n) is 6.59. The molecule has 2 atom stereocenters. The summed E-state index contributed by atoms with van der Waals surface area (Å²) in [6, 6.07) is 11.5. The molecular weight excluding hydrogens is 305 g/mol. The van der Waals surface area contributed by atoms with Crippen LogP contribution in [-0.2, 0) is 17.8 Å². The second kappa shape index (κ2) is 6.97. The highest BCUT2D eigenvalue weighted by molar-refractivity contribution is 5.18. The van der Waals surface area contributed by atoms with Crippen molar-refractivity contribution in [2.24, 2.45) is 0 Å². The molecule has 2 fully saturated rings. The molecule has 0 N–H and O–H groups in total. The number of hydrogen-bond donors (Lipinski definition) is 0. The van der Waals surface area contributed by atoms with Crippen LogP contribution in [0, 0.1) is 5.82 Å². The van der Waals surface area contributed by atoms with Crippen molar-refractivity contribution in [2.75, 3.05) is 26.2 Å². The van der Waals surface area contributed by atoms with Crippen molar-refractivity contribution in [1.82, 2.24) is 14.8 Å². The molecule has 2 saturated heterocycles. The highest BCUT2D eigenvalue weighted by Crippen LogP contribution is 2.26. The molecule has 1 aromatic carbocycles. The number of rotatable bonds is 4. The lowest BCUT2D eigenvalue weighted by Crippen LogP contribution is -2.50. The van der Waals surface area contributed by atoms with E-state index in [1.54, 1.807) is 6.07 Å². The first-order valence-electron chi connectivity index (χ1n) is 8.50. The van der Waals surface area contributed by atoms with Gasteiger partial charge in [0, 0.05) is 50.7 Å². The van der Waals surface area contributed by atoms with Crippen molar-refractivity contribution in [3.05, 3.63) is 65.7 Å². The number of hydrogen-bond acceptors (Lipinski definition) is 4. The van der Waals surface area contributed by atoms with Gasteiger partial charge in [-0.05, 0) is 23.8 Å². The normalized spacial score (nSPS) is 24.9. The Morgan fingerprint density at radius 1 is 1.08 bits per heavy atom. The topological polar surface area (TPSA) is 28.6 Å². The van der Waals surface area contributed by atoms with Gasteiger partial charge in [0.2, 0.25) is 0 Å². The number of aromatic nitrogens is 1. The van der Waals surface area contributed by atoms with E-state index in [4.69, 9.17) is 4.74 Å². The quantitative estimate of drug-likeness (QED) is 0.862. The average molecular weight is 327 g/mol. The van der Waals surface area contributed by atoms with Gasteiger partial charge in [-0.2, -0.15) is 0 Å². The van der Waals surface area contributed by atoms with Gasteiger partial charge in [-0.15, -0.1) is 0 Å². The summed E-state index contributed by atoms with van der Waals surface area (Å²) in [6.45, 7) is 5.06. The van der Waals surface area contributed by atoms with Gasteiger partial charge in [0.05, 0.1) is 18.8 Å². The molecule has 2 aromatic rings. The zero-order valence-corrected chi connectivity index (χ0v) is 13.6. The lowest BCUT2D eigenvalue weighted by atomic mass is 10.1. The molecule has 1 aromatic heterocycles. The van der Waals surface area contributed by atoms with Gasteiger partial charge < -0.3 is 4.74 Å². The summed E-state index contributed by atoms with van der Waals surface area (Å²) < 4.78 is 19.9. The predicted molar refractivity (Wildman–Crippen MR) is 89.9 cm³/mol. The number of pyridine rings is 1. The van der Waals surface area contributed by atoms with Crippen LogP contribution in [0.5, 0.6) is 0 Å². The first-order valence-corrected chi connectivity index (χ1v) is 8.50. The van der Waals surface area contributed by atoms with E-state index in [0.29, 0.717) is 12.6 Å². The molecule has 24 heavy (non-hydrogen) atoms. The van der Waals surface area contributed by atoms with Gasteiger partial charge in [0.25, 0.3) is 0 Å². The van der Waals surface area contributed by atoms with Gasteiger partial charge in [-0.3, -0.25) is 14.8 Å². The van der Waals surface area contributed by atoms with E-state index in [9.17, 15) is 4.39 Å². The number of ether oxygens (including phenoxy) is 1. The Labute approximate surface area is 141 Å². The van der Waals surface area contributed by atoms with Gasteiger partial charge in [-0.1, -0.05) is 18.2 Å². The number of halogens is 1. The third-order valence-electron chi connectivity index (χ3n) is 4.98. The minimum absolute atomic E-state index is 0.123. The molecule has 0 amide bonds. The van der Waals surface area contributed by atoms with E-state index in [1.807, 2.05) is 24.5 Å². The van der Waals surface area contributed by atoms with Gasteiger partial charge >= 0.3 is 0 Å². The summed E-state index contributed by atoms with van der Waals surface area (Å²) in [7, 11) is 0. The standard InChI is InChI=1S/C19H22FN3O/c20-17-4-2-1-3-16(17)12-22-13-18-19(14-22)24-10-9-23(18)11-15-5-7-21-8-6-15/h1-8,18-19H,9-14H2/t18-,19+/m1/s1. The molecule has 4 rings (SSSR count). The maximum atomic E-state index is 13.9. The Hall–Kier alpha value is -1.82. The van der Waals surface area contributed by atoms with Crippen molar-refractivity contribution in [3.8, 4) is 0 Å². The molecule has 3 heterocycles. The van der Waals surface area contributed by atoms with Gasteiger partial charge in [0.15, 0.2) is 0 Å². The van der Waals surface area contributed by atoms with E-state index < -0.39 is 0 Å². The van der Waals surface area contributed by atoms with Crippen molar-refractivity contribution < 1.29 is 9.13 Å². The monoisotopic (exact) mass is 327 g/mol. The fourth-order valence-electron chi connectivity index (χ4n) is 3.75. The van der Waals surface area contributed by atoms with Crippen LogP contribution < -0.4 is 0 Å². The molecule has 0 aliphatic carbocycles. The third-order valence-corrected chi connectivity index (χ3v) is 4.98. The van der Waals surface area contributed by atoms with Crippen molar-refractivity contribution in [2.45, 2.75) is 25.2 Å². The van der Waals surface area contributed by atoms with E-state index in [-0.39, 0.29) is 11.9 Å². The lowest BCUT2D eigenvalue weighted by molar-refractivity contribution is -0.0504. The largest absolute Gasteiger partial charge is 0.374 e. The molecule has 0 spiro atoms. The van der Waals surface area contributed by atoms with Crippen LogP contribution in [0.1, 0.15) is 11.1 Å². The summed E-state index contributed by atoms with van der Waals surface area (Å²) in [5.74, 6) is -0.123. The SMILES string of the molecule is Fc1ccccc1CN1C[C@@H]2OCCN(Cc3ccncc3)[C@@H]2C1. The van der Waals surface area contributed by atoms with Crippen LogP contribution in [0.3, 0.4) is 0 Å². The zero-order chi connectivity index (χ0) is 16.4. The predicted octanol–water partition coefficient (Wildman–Crippen LogP) is 2.31. The highest BCUT2D eigenvalue weighted by Gasteiger charge is 2.39. The Balaban J connectivity index is 1.43. The van der Waals surface area contributed by atoms with Crippen LogP contribution in [-0.4, -0.2) is 53.2 Å². The Bertz CT molecular complexity index is 681. The number of fused-ring (bicyclic) bond motifs is 1. The van der Waals surface area contributed by atoms with Crippen LogP contribution in [0.4, 0.5) is 4.39 Å². The average Bonchev–Trinajstić information content (AvgIpc) is 3.02. The van der Waals surface area contributed by atoms with Crippen LogP contribution >= 0.6 is 0 Å². The van der Waals surface area contributed by atoms with E-state index in [0.717, 1.165) is 38.3 Å². The zero-order valence-electron chi connectivity index (χ0n) is 13.6. The van der Waals surface area contributed by atoms with E-state index in [1.165, 1.54) is 11.6 Å². The van der Waals surface area contributed by atoms with Crippen molar-refractivity contribution in [1.29, 1.82) is 0 Å². The van der Waals surface area contributed by atoms with E-state index in [2.05, 4.69) is 26.9 Å². The molecule has 5 heteroatoms.